The van der Waals surface area contributed by atoms with Crippen molar-refractivity contribution in [3.63, 3.8) is 0 Å². The molecule has 0 bridgehead atoms. The lowest BCUT2D eigenvalue weighted by atomic mass is 10.1. The third kappa shape index (κ3) is 2.37. The van der Waals surface area contributed by atoms with Gasteiger partial charge in [-0.1, -0.05) is 0 Å². The van der Waals surface area contributed by atoms with Gasteiger partial charge in [-0.05, 0) is 53.4 Å². The number of anilines is 1. The molecule has 102 valence electrons. The second-order valence-corrected chi connectivity index (χ2v) is 6.00. The molecule has 0 spiro atoms. The van der Waals surface area contributed by atoms with E-state index in [1.807, 2.05) is 4.90 Å². The summed E-state index contributed by atoms with van der Waals surface area (Å²) in [5.74, 6) is 0.0842. The van der Waals surface area contributed by atoms with E-state index in [2.05, 4.69) is 15.9 Å². The Balaban J connectivity index is 1.84. The molecule has 1 amide bonds. The molecule has 1 aromatic carbocycles. The second-order valence-electron chi connectivity index (χ2n) is 5.14. The van der Waals surface area contributed by atoms with E-state index in [4.69, 9.17) is 10.5 Å². The van der Waals surface area contributed by atoms with E-state index in [1.165, 1.54) is 0 Å². The molecule has 1 heterocycles. The van der Waals surface area contributed by atoms with Gasteiger partial charge in [-0.2, -0.15) is 0 Å². The number of hydrogen-bond donors (Lipinski definition) is 1. The lowest BCUT2D eigenvalue weighted by Gasteiger charge is -2.37. The number of nitrogens with zero attached hydrogens (tertiary/aromatic N) is 1. The average Bonchev–Trinajstić information content (AvgIpc) is 2.89. The topological polar surface area (TPSA) is 55.6 Å². The normalized spacial score (nSPS) is 26.3. The van der Waals surface area contributed by atoms with E-state index in [0.717, 1.165) is 23.7 Å². The molecular weight excluding hydrogens is 308 g/mol. The first-order valence-electron chi connectivity index (χ1n) is 6.64. The second kappa shape index (κ2) is 5.13. The van der Waals surface area contributed by atoms with Crippen LogP contribution < -0.4 is 5.73 Å². The van der Waals surface area contributed by atoms with Crippen LogP contribution in [0.5, 0.6) is 0 Å². The Bertz CT molecular complexity index is 506. The molecule has 2 atom stereocenters. The Kier molecular flexibility index (Phi) is 3.50. The molecule has 1 aliphatic heterocycles. The number of nitrogens with two attached hydrogens (primary N) is 1. The fourth-order valence-corrected chi connectivity index (χ4v) is 3.38. The molecule has 1 saturated heterocycles. The SMILES string of the molecule is Nc1ccc(C(=O)N2CCOC3CCCC32)cc1Br. The van der Waals surface area contributed by atoms with Crippen LogP contribution in [0.3, 0.4) is 0 Å². The van der Waals surface area contributed by atoms with Crippen LogP contribution in [-0.2, 0) is 4.74 Å². The number of carbonyl (C=O) groups is 1. The van der Waals surface area contributed by atoms with Gasteiger partial charge in [0, 0.05) is 22.3 Å². The highest BCUT2D eigenvalue weighted by Crippen LogP contribution is 2.31. The third-order valence-corrected chi connectivity index (χ3v) is 4.68. The van der Waals surface area contributed by atoms with Gasteiger partial charge in [-0.25, -0.2) is 0 Å². The number of fused-ring (bicyclic) bond motifs is 1. The van der Waals surface area contributed by atoms with Crippen LogP contribution in [-0.4, -0.2) is 36.1 Å². The summed E-state index contributed by atoms with van der Waals surface area (Å²) in [6, 6.07) is 5.61. The maximum atomic E-state index is 12.6. The molecule has 4 nitrogen and oxygen atoms in total. The molecule has 19 heavy (non-hydrogen) atoms. The molecule has 3 rings (SSSR count). The molecular formula is C14H17BrN2O2. The van der Waals surface area contributed by atoms with Crippen LogP contribution in [0.25, 0.3) is 0 Å². The van der Waals surface area contributed by atoms with Gasteiger partial charge in [0.1, 0.15) is 0 Å². The van der Waals surface area contributed by atoms with Crippen LogP contribution in [0.2, 0.25) is 0 Å². The highest BCUT2D eigenvalue weighted by Gasteiger charge is 2.38. The van der Waals surface area contributed by atoms with Crippen molar-refractivity contribution in [2.24, 2.45) is 0 Å². The number of benzene rings is 1. The number of nitrogen functional groups attached to an aromatic ring is 1. The summed E-state index contributed by atoms with van der Waals surface area (Å²) < 4.78 is 6.51. The van der Waals surface area contributed by atoms with Gasteiger partial charge in [0.15, 0.2) is 0 Å². The molecule has 2 N–H and O–H groups in total. The van der Waals surface area contributed by atoms with Crippen molar-refractivity contribution in [1.29, 1.82) is 0 Å². The zero-order chi connectivity index (χ0) is 13.4. The fraction of sp³-hybridized carbons (Fsp3) is 0.500. The summed E-state index contributed by atoms with van der Waals surface area (Å²) in [4.78, 5) is 14.6. The highest BCUT2D eigenvalue weighted by atomic mass is 79.9. The number of ether oxygens (including phenoxy) is 1. The van der Waals surface area contributed by atoms with E-state index in [0.29, 0.717) is 24.4 Å². The minimum absolute atomic E-state index is 0.0842. The third-order valence-electron chi connectivity index (χ3n) is 3.99. The minimum atomic E-state index is 0.0842. The average molecular weight is 325 g/mol. The van der Waals surface area contributed by atoms with E-state index in [9.17, 15) is 4.79 Å². The summed E-state index contributed by atoms with van der Waals surface area (Å²) in [6.07, 6.45) is 3.49. The van der Waals surface area contributed by atoms with Crippen molar-refractivity contribution in [2.45, 2.75) is 31.4 Å². The van der Waals surface area contributed by atoms with Crippen molar-refractivity contribution in [2.75, 3.05) is 18.9 Å². The maximum absolute atomic E-state index is 12.6. The quantitative estimate of drug-likeness (QED) is 0.807. The zero-order valence-electron chi connectivity index (χ0n) is 10.6. The molecule has 0 aromatic heterocycles. The molecule has 1 saturated carbocycles. The lowest BCUT2D eigenvalue weighted by molar-refractivity contribution is -0.0445. The van der Waals surface area contributed by atoms with Gasteiger partial charge in [-0.3, -0.25) is 4.79 Å². The predicted molar refractivity (Wildman–Crippen MR) is 77.0 cm³/mol. The number of amides is 1. The summed E-state index contributed by atoms with van der Waals surface area (Å²) in [7, 11) is 0. The largest absolute Gasteiger partial charge is 0.398 e. The number of morpholine rings is 1. The van der Waals surface area contributed by atoms with E-state index in [1.54, 1.807) is 18.2 Å². The Morgan fingerprint density at radius 3 is 3.05 bits per heavy atom. The Labute approximate surface area is 121 Å². The molecule has 2 unspecified atom stereocenters. The van der Waals surface area contributed by atoms with Gasteiger partial charge in [-0.15, -0.1) is 0 Å². The molecule has 2 aliphatic rings. The van der Waals surface area contributed by atoms with Gasteiger partial charge in [0.05, 0.1) is 18.8 Å². The predicted octanol–water partition coefficient (Wildman–Crippen LogP) is 2.42. The number of carbonyl (C=O) groups excluding carboxylic acids is 1. The summed E-state index contributed by atoms with van der Waals surface area (Å²) in [5, 5.41) is 0. The number of halogens is 1. The van der Waals surface area contributed by atoms with Gasteiger partial charge >= 0.3 is 0 Å². The van der Waals surface area contributed by atoms with E-state index in [-0.39, 0.29) is 18.1 Å². The van der Waals surface area contributed by atoms with Crippen molar-refractivity contribution in [3.8, 4) is 0 Å². The lowest BCUT2D eigenvalue weighted by Crippen LogP contribution is -2.51. The summed E-state index contributed by atoms with van der Waals surface area (Å²) in [6.45, 7) is 1.32. The van der Waals surface area contributed by atoms with Crippen molar-refractivity contribution in [3.05, 3.63) is 28.2 Å². The van der Waals surface area contributed by atoms with E-state index >= 15 is 0 Å². The maximum Gasteiger partial charge on any atom is 0.254 e. The number of hydrogen-bond acceptors (Lipinski definition) is 3. The molecule has 5 heteroatoms. The standard InChI is InChI=1S/C14H17BrN2O2/c15-10-8-9(4-5-11(10)16)14(18)17-6-7-19-13-3-1-2-12(13)17/h4-5,8,12-13H,1-3,6-7,16H2. The highest BCUT2D eigenvalue weighted by molar-refractivity contribution is 9.10. The first-order valence-corrected chi connectivity index (χ1v) is 7.44. The van der Waals surface area contributed by atoms with Crippen molar-refractivity contribution < 1.29 is 9.53 Å². The Morgan fingerprint density at radius 2 is 2.26 bits per heavy atom. The van der Waals surface area contributed by atoms with Crippen LogP contribution >= 0.6 is 15.9 Å². The number of rotatable bonds is 1. The van der Waals surface area contributed by atoms with Gasteiger partial charge in [0.2, 0.25) is 0 Å². The van der Waals surface area contributed by atoms with Crippen LogP contribution in [0.4, 0.5) is 5.69 Å². The first kappa shape index (κ1) is 12.9. The Morgan fingerprint density at radius 1 is 1.42 bits per heavy atom. The first-order chi connectivity index (χ1) is 9.16. The summed E-state index contributed by atoms with van der Waals surface area (Å²) in [5.41, 5.74) is 7.10. The minimum Gasteiger partial charge on any atom is -0.398 e. The van der Waals surface area contributed by atoms with E-state index < -0.39 is 0 Å². The summed E-state index contributed by atoms with van der Waals surface area (Å²) >= 11 is 3.37. The zero-order valence-corrected chi connectivity index (χ0v) is 12.2. The van der Waals surface area contributed by atoms with Crippen molar-refractivity contribution in [1.82, 2.24) is 4.90 Å². The fourth-order valence-electron chi connectivity index (χ4n) is 3.00. The molecule has 1 aromatic rings. The van der Waals surface area contributed by atoms with Crippen LogP contribution in [0.15, 0.2) is 22.7 Å². The molecule has 1 aliphatic carbocycles. The van der Waals surface area contributed by atoms with Gasteiger partial charge < -0.3 is 15.4 Å². The smallest absolute Gasteiger partial charge is 0.254 e. The van der Waals surface area contributed by atoms with Crippen LogP contribution in [0.1, 0.15) is 29.6 Å². The Hall–Kier alpha value is -1.07. The molecule has 0 radical (unpaired) electrons. The van der Waals surface area contributed by atoms with Crippen LogP contribution in [0, 0.1) is 0 Å². The van der Waals surface area contributed by atoms with Crippen molar-refractivity contribution >= 4 is 27.5 Å². The monoisotopic (exact) mass is 324 g/mol. The van der Waals surface area contributed by atoms with Gasteiger partial charge in [0.25, 0.3) is 5.91 Å². The molecule has 2 fully saturated rings.